The number of rotatable bonds is 5. The number of carboxylic acids is 1. The van der Waals surface area contributed by atoms with Gasteiger partial charge in [-0.15, -0.1) is 0 Å². The van der Waals surface area contributed by atoms with Gasteiger partial charge < -0.3 is 10.2 Å². The number of nitrogens with one attached hydrogen (secondary N) is 1. The number of phenols is 1. The lowest BCUT2D eigenvalue weighted by Crippen LogP contribution is -2.15. The van der Waals surface area contributed by atoms with Crippen LogP contribution >= 0.6 is 37.8 Å². The molecule has 0 spiro atoms. The summed E-state index contributed by atoms with van der Waals surface area (Å²) in [5, 5.41) is 18.2. The molecule has 0 aliphatic carbocycles. The largest absolute Gasteiger partial charge is 0.505 e. The van der Waals surface area contributed by atoms with Crippen LogP contribution in [0.5, 0.6) is 5.75 Å². The van der Waals surface area contributed by atoms with Crippen molar-refractivity contribution in [2.24, 2.45) is 0 Å². The van der Waals surface area contributed by atoms with Gasteiger partial charge in [-0.25, -0.2) is 13.2 Å². The van der Waals surface area contributed by atoms with E-state index in [4.69, 9.17) is 16.7 Å². The van der Waals surface area contributed by atoms with Crippen LogP contribution in [0.1, 0.15) is 10.4 Å². The number of hydrogen-bond donors (Lipinski definition) is 3. The summed E-state index contributed by atoms with van der Waals surface area (Å²) in [7, 11) is -15.2. The molecule has 0 fully saturated rings. The van der Waals surface area contributed by atoms with E-state index in [1.165, 1.54) is 4.72 Å². The molecule has 2 aromatic rings. The van der Waals surface area contributed by atoms with Gasteiger partial charge in [0.2, 0.25) is 0 Å². The van der Waals surface area contributed by atoms with Gasteiger partial charge in [0.25, 0.3) is 10.0 Å². The van der Waals surface area contributed by atoms with Gasteiger partial charge in [-0.05, 0) is 30.3 Å². The highest BCUT2D eigenvalue weighted by Crippen LogP contribution is 3.02. The van der Waals surface area contributed by atoms with Gasteiger partial charge in [-0.2, -0.15) is 0 Å². The minimum atomic E-state index is -10.3. The van der Waals surface area contributed by atoms with Gasteiger partial charge in [0.05, 0.1) is 16.3 Å². The number of aromatic carboxylic acids is 1. The second kappa shape index (κ2) is 6.11. The monoisotopic (exact) mass is 531 g/mol. The maximum Gasteiger partial charge on any atom is 0.335 e. The molecule has 28 heavy (non-hydrogen) atoms. The molecule has 0 aliphatic rings. The molecular weight excluding hydrogens is 525 g/mol. The predicted molar refractivity (Wildman–Crippen MR) is 96.4 cm³/mol. The highest BCUT2D eigenvalue weighted by atomic mass is 79.9. The summed E-state index contributed by atoms with van der Waals surface area (Å²) in [6.45, 7) is 0. The topological polar surface area (TPSA) is 104 Å². The first kappa shape index (κ1) is 22.5. The Morgan fingerprint density at radius 3 is 2.14 bits per heavy atom. The van der Waals surface area contributed by atoms with E-state index in [9.17, 15) is 37.7 Å². The lowest BCUT2D eigenvalue weighted by molar-refractivity contribution is 0.0696. The molecular formula is C13H8BrClF5NO5S2. The quantitative estimate of drug-likeness (QED) is 0.412. The highest BCUT2D eigenvalue weighted by molar-refractivity contribution is 9.10. The Kier molecular flexibility index (Phi) is 4.92. The zero-order valence-corrected chi connectivity index (χ0v) is 16.9. The van der Waals surface area contributed by atoms with Crippen molar-refractivity contribution in [1.82, 2.24) is 0 Å². The number of hydrogen-bond acceptors (Lipinski definition) is 4. The third kappa shape index (κ3) is 4.98. The number of carbonyl (C=O) groups is 1. The van der Waals surface area contributed by atoms with Crippen LogP contribution in [0.3, 0.4) is 0 Å². The van der Waals surface area contributed by atoms with Gasteiger partial charge >= 0.3 is 16.2 Å². The average Bonchev–Trinajstić information content (AvgIpc) is 2.47. The first-order valence-electron chi connectivity index (χ1n) is 6.63. The number of halogens is 7. The number of sulfonamides is 1. The molecule has 0 unspecified atom stereocenters. The SMILES string of the molecule is O=C(O)c1cc(NS(=O)(=O)c2cc(Br)cc(Cl)c2O)cc(S(F)(F)(F)(F)F)c1. The van der Waals surface area contributed by atoms with Gasteiger partial charge in [0, 0.05) is 4.47 Å². The van der Waals surface area contributed by atoms with Crippen LogP contribution in [0.4, 0.5) is 25.1 Å². The molecule has 0 saturated heterocycles. The fraction of sp³-hybridized carbons (Fsp3) is 0. The summed E-state index contributed by atoms with van der Waals surface area (Å²) in [5.41, 5.74) is -2.35. The minimum absolute atomic E-state index is 0.0719. The van der Waals surface area contributed by atoms with Crippen molar-refractivity contribution < 1.29 is 42.9 Å². The molecule has 0 aliphatic heterocycles. The van der Waals surface area contributed by atoms with E-state index in [-0.39, 0.29) is 16.6 Å². The smallest absolute Gasteiger partial charge is 0.335 e. The summed E-state index contributed by atoms with van der Waals surface area (Å²) in [4.78, 5) is 7.49. The van der Waals surface area contributed by atoms with Crippen LogP contribution < -0.4 is 4.72 Å². The van der Waals surface area contributed by atoms with Crippen molar-refractivity contribution in [3.63, 3.8) is 0 Å². The number of phenolic OH excluding ortho intramolecular Hbond substituents is 1. The molecule has 0 bridgehead atoms. The standard InChI is InChI=1S/C13H8BrClF5NO5S2/c14-7-3-10(15)12(22)11(4-7)27(25,26)21-8-1-6(13(23)24)2-9(5-8)28(16,17,18,19)20/h1-5,21-22H,(H,23,24). The van der Waals surface area contributed by atoms with Crippen LogP contribution in [-0.2, 0) is 10.0 Å². The summed E-state index contributed by atoms with van der Waals surface area (Å²) >= 11 is 8.52. The molecule has 0 heterocycles. The zero-order valence-electron chi connectivity index (χ0n) is 13.0. The van der Waals surface area contributed by atoms with Crippen LogP contribution in [0.25, 0.3) is 0 Å². The Bertz CT molecular complexity index is 1110. The van der Waals surface area contributed by atoms with Gasteiger partial charge in [0.15, 0.2) is 5.75 Å². The molecule has 15 heteroatoms. The summed E-state index contributed by atoms with van der Waals surface area (Å²) in [6.07, 6.45) is 0. The van der Waals surface area contributed by atoms with E-state index >= 15 is 0 Å². The maximum atomic E-state index is 13.1. The second-order valence-electron chi connectivity index (χ2n) is 5.36. The molecule has 0 radical (unpaired) electrons. The lowest BCUT2D eigenvalue weighted by atomic mass is 10.2. The molecule has 3 N–H and O–H groups in total. The van der Waals surface area contributed by atoms with Crippen LogP contribution in [0.2, 0.25) is 5.02 Å². The zero-order chi connectivity index (χ0) is 21.8. The molecule has 0 saturated carbocycles. The number of benzene rings is 2. The fourth-order valence-corrected chi connectivity index (χ4v) is 4.86. The van der Waals surface area contributed by atoms with E-state index < -0.39 is 58.0 Å². The summed E-state index contributed by atoms with van der Waals surface area (Å²) in [6, 6.07) is 1.81. The lowest BCUT2D eigenvalue weighted by Gasteiger charge is -2.40. The van der Waals surface area contributed by atoms with Gasteiger partial charge in [-0.1, -0.05) is 47.0 Å². The Balaban J connectivity index is 2.67. The van der Waals surface area contributed by atoms with Crippen molar-refractivity contribution in [3.8, 4) is 5.75 Å². The summed E-state index contributed by atoms with van der Waals surface area (Å²) < 4.78 is 91.7. The third-order valence-electron chi connectivity index (χ3n) is 3.13. The minimum Gasteiger partial charge on any atom is -0.505 e. The van der Waals surface area contributed by atoms with E-state index in [1.54, 1.807) is 0 Å². The van der Waals surface area contributed by atoms with Crippen molar-refractivity contribution in [2.75, 3.05) is 4.72 Å². The molecule has 156 valence electrons. The molecule has 0 atom stereocenters. The van der Waals surface area contributed by atoms with Gasteiger partial charge in [-0.3, -0.25) is 4.72 Å². The third-order valence-corrected chi connectivity index (χ3v) is 6.40. The number of anilines is 1. The van der Waals surface area contributed by atoms with E-state index in [1.807, 2.05) is 0 Å². The molecule has 2 rings (SSSR count). The van der Waals surface area contributed by atoms with Crippen LogP contribution in [0.15, 0.2) is 44.6 Å². The Labute approximate surface area is 167 Å². The molecule has 0 aromatic heterocycles. The van der Waals surface area contributed by atoms with Crippen molar-refractivity contribution in [3.05, 3.63) is 45.4 Å². The van der Waals surface area contributed by atoms with E-state index in [0.717, 1.165) is 12.1 Å². The number of aromatic hydroxyl groups is 1. The molecule has 2 aromatic carbocycles. The fourth-order valence-electron chi connectivity index (χ4n) is 1.96. The first-order valence-corrected chi connectivity index (χ1v) is 11.2. The molecule has 0 amide bonds. The van der Waals surface area contributed by atoms with Crippen LogP contribution in [-0.4, -0.2) is 24.6 Å². The summed E-state index contributed by atoms with van der Waals surface area (Å²) in [5.74, 6) is -2.96. The Hall–Kier alpha value is -1.77. The molecule has 6 nitrogen and oxygen atoms in total. The van der Waals surface area contributed by atoms with E-state index in [2.05, 4.69) is 15.9 Å². The average molecular weight is 533 g/mol. The van der Waals surface area contributed by atoms with Crippen molar-refractivity contribution in [2.45, 2.75) is 9.79 Å². The van der Waals surface area contributed by atoms with Crippen LogP contribution in [0, 0.1) is 0 Å². The van der Waals surface area contributed by atoms with Crippen molar-refractivity contribution >= 4 is 59.4 Å². The maximum absolute atomic E-state index is 13.1. The highest BCUT2D eigenvalue weighted by Gasteiger charge is 2.65. The predicted octanol–water partition coefficient (Wildman–Crippen LogP) is 5.96. The Morgan fingerprint density at radius 2 is 1.64 bits per heavy atom. The van der Waals surface area contributed by atoms with Crippen molar-refractivity contribution in [1.29, 1.82) is 0 Å². The first-order chi connectivity index (χ1) is 12.3. The Morgan fingerprint density at radius 1 is 1.07 bits per heavy atom. The second-order valence-corrected chi connectivity index (χ2v) is 10.7. The normalized spacial score (nSPS) is 14.8. The number of carboxylic acid groups (broad SMARTS) is 1. The van der Waals surface area contributed by atoms with Gasteiger partial charge in [0.1, 0.15) is 9.79 Å². The van der Waals surface area contributed by atoms with E-state index in [0.29, 0.717) is 6.07 Å².